The van der Waals surface area contributed by atoms with Gasteiger partial charge >= 0.3 is 11.7 Å². The maximum absolute atomic E-state index is 11.0. The van der Waals surface area contributed by atoms with Gasteiger partial charge in [0.05, 0.1) is 16.6 Å². The van der Waals surface area contributed by atoms with Crippen LogP contribution in [0.1, 0.15) is 19.8 Å². The van der Waals surface area contributed by atoms with Gasteiger partial charge in [-0.15, -0.1) is 0 Å². The number of nitro groups is 1. The number of carboxylic acids is 1. The first kappa shape index (κ1) is 17.2. The lowest BCUT2D eigenvalue weighted by atomic mass is 10.2. The number of nitrogens with zero attached hydrogens (tertiary/aromatic N) is 1. The van der Waals surface area contributed by atoms with Crippen molar-refractivity contribution in [3.8, 4) is 5.75 Å². The van der Waals surface area contributed by atoms with Gasteiger partial charge in [0.1, 0.15) is 6.04 Å². The van der Waals surface area contributed by atoms with Crippen LogP contribution in [0.4, 0.5) is 5.69 Å². The van der Waals surface area contributed by atoms with Gasteiger partial charge in [-0.05, 0) is 19.0 Å². The first-order valence-electron chi connectivity index (χ1n) is 6.49. The number of para-hydroxylation sites is 1. The molecule has 21 heavy (non-hydrogen) atoms. The van der Waals surface area contributed by atoms with Crippen molar-refractivity contribution in [3.05, 3.63) is 33.3 Å². The minimum Gasteiger partial charge on any atom is -0.486 e. The molecular weight excluding hydrogens is 300 g/mol. The second-order valence-electron chi connectivity index (χ2n) is 4.33. The average Bonchev–Trinajstić information content (AvgIpc) is 2.43. The molecule has 0 saturated heterocycles. The Hall–Kier alpha value is -1.86. The Labute approximate surface area is 127 Å². The molecule has 0 fully saturated rings. The topological polar surface area (TPSA) is 102 Å². The number of hydrogen-bond donors (Lipinski definition) is 2. The minimum absolute atomic E-state index is 0.0122. The van der Waals surface area contributed by atoms with Crippen molar-refractivity contribution in [1.29, 1.82) is 0 Å². The molecule has 116 valence electrons. The van der Waals surface area contributed by atoms with Crippen LogP contribution >= 0.6 is 11.6 Å². The Morgan fingerprint density at radius 3 is 2.86 bits per heavy atom. The third-order valence-corrected chi connectivity index (χ3v) is 3.03. The van der Waals surface area contributed by atoms with Crippen molar-refractivity contribution in [2.24, 2.45) is 0 Å². The Bertz CT molecular complexity index is 509. The number of carbonyl (C=O) groups is 1. The molecule has 0 aromatic heterocycles. The molecule has 1 aromatic carbocycles. The van der Waals surface area contributed by atoms with E-state index in [1.165, 1.54) is 18.2 Å². The smallest absolute Gasteiger partial charge is 0.320 e. The molecule has 0 bridgehead atoms. The number of nitro benzene ring substituents is 1. The monoisotopic (exact) mass is 316 g/mol. The fraction of sp³-hybridized carbons (Fsp3) is 0.462. The molecule has 1 atom stereocenters. The fourth-order valence-electron chi connectivity index (χ4n) is 1.69. The zero-order valence-electron chi connectivity index (χ0n) is 11.5. The van der Waals surface area contributed by atoms with Crippen molar-refractivity contribution >= 4 is 23.3 Å². The predicted octanol–water partition coefficient (Wildman–Crippen LogP) is 2.47. The summed E-state index contributed by atoms with van der Waals surface area (Å²) in [6.45, 7) is 2.51. The van der Waals surface area contributed by atoms with Crippen LogP contribution in [0.3, 0.4) is 0 Å². The molecule has 8 heteroatoms. The highest BCUT2D eigenvalue weighted by molar-refractivity contribution is 6.32. The van der Waals surface area contributed by atoms with Crippen LogP contribution in [-0.2, 0) is 4.79 Å². The molecule has 1 aromatic rings. The highest BCUT2D eigenvalue weighted by Gasteiger charge is 2.20. The second-order valence-corrected chi connectivity index (χ2v) is 4.73. The standard InChI is InChI=1S/C13H17ClN2O5/c1-2-7-15-10(13(17)18)6-8-21-12-9(14)4-3-5-11(12)16(19)20/h3-5,10,15H,2,6-8H2,1H3,(H,17,18). The molecule has 0 aliphatic rings. The van der Waals surface area contributed by atoms with Gasteiger partial charge in [-0.1, -0.05) is 24.6 Å². The molecule has 7 nitrogen and oxygen atoms in total. The second kappa shape index (κ2) is 8.43. The van der Waals surface area contributed by atoms with Gasteiger partial charge in [-0.2, -0.15) is 0 Å². The molecule has 0 saturated carbocycles. The molecule has 0 spiro atoms. The van der Waals surface area contributed by atoms with Crippen LogP contribution in [0, 0.1) is 10.1 Å². The summed E-state index contributed by atoms with van der Waals surface area (Å²) < 4.78 is 5.31. The van der Waals surface area contributed by atoms with E-state index in [-0.39, 0.29) is 29.5 Å². The van der Waals surface area contributed by atoms with Gasteiger partial charge in [-0.25, -0.2) is 0 Å². The summed E-state index contributed by atoms with van der Waals surface area (Å²) in [7, 11) is 0. The predicted molar refractivity (Wildman–Crippen MR) is 77.9 cm³/mol. The summed E-state index contributed by atoms with van der Waals surface area (Å²) in [5.41, 5.74) is -0.240. The Balaban J connectivity index is 2.66. The zero-order chi connectivity index (χ0) is 15.8. The number of aliphatic carboxylic acids is 1. The Kier molecular flexibility index (Phi) is 6.90. The molecule has 0 aliphatic heterocycles. The van der Waals surface area contributed by atoms with Gasteiger partial charge in [0.25, 0.3) is 0 Å². The quantitative estimate of drug-likeness (QED) is 0.536. The highest BCUT2D eigenvalue weighted by Crippen LogP contribution is 2.34. The number of ether oxygens (including phenoxy) is 1. The molecule has 1 unspecified atom stereocenters. The zero-order valence-corrected chi connectivity index (χ0v) is 12.3. The van der Waals surface area contributed by atoms with Gasteiger partial charge in [-0.3, -0.25) is 14.9 Å². The molecule has 1 rings (SSSR count). The van der Waals surface area contributed by atoms with Crippen molar-refractivity contribution < 1.29 is 19.6 Å². The minimum atomic E-state index is -0.985. The van der Waals surface area contributed by atoms with Gasteiger partial charge in [0.15, 0.2) is 0 Å². The highest BCUT2D eigenvalue weighted by atomic mass is 35.5. The van der Waals surface area contributed by atoms with Gasteiger partial charge in [0, 0.05) is 12.5 Å². The summed E-state index contributed by atoms with van der Waals surface area (Å²) in [6.07, 6.45) is 0.984. The number of rotatable bonds is 9. The van der Waals surface area contributed by atoms with E-state index in [0.717, 1.165) is 6.42 Å². The van der Waals surface area contributed by atoms with E-state index >= 15 is 0 Å². The molecule has 0 amide bonds. The summed E-state index contributed by atoms with van der Waals surface area (Å²) in [5.74, 6) is -1.02. The largest absolute Gasteiger partial charge is 0.486 e. The lowest BCUT2D eigenvalue weighted by Gasteiger charge is -2.14. The van der Waals surface area contributed by atoms with E-state index in [1.54, 1.807) is 0 Å². The molecule has 0 radical (unpaired) electrons. The summed E-state index contributed by atoms with van der Waals surface area (Å²) in [5, 5.41) is 22.9. The molecular formula is C13H17ClN2O5. The van der Waals surface area contributed by atoms with E-state index in [9.17, 15) is 14.9 Å². The van der Waals surface area contributed by atoms with Crippen molar-refractivity contribution in [2.45, 2.75) is 25.8 Å². The first-order valence-corrected chi connectivity index (χ1v) is 6.87. The maximum atomic E-state index is 11.0. The van der Waals surface area contributed by atoms with Crippen molar-refractivity contribution in [2.75, 3.05) is 13.2 Å². The van der Waals surface area contributed by atoms with Crippen LogP contribution in [0.15, 0.2) is 18.2 Å². The lowest BCUT2D eigenvalue weighted by Crippen LogP contribution is -2.38. The Morgan fingerprint density at radius 1 is 1.57 bits per heavy atom. The average molecular weight is 317 g/mol. The van der Waals surface area contributed by atoms with Gasteiger partial charge in [0.2, 0.25) is 5.75 Å². The normalized spacial score (nSPS) is 11.9. The van der Waals surface area contributed by atoms with Crippen LogP contribution < -0.4 is 10.1 Å². The SMILES string of the molecule is CCCNC(CCOc1c(Cl)cccc1[N+](=O)[O-])C(=O)O. The molecule has 0 heterocycles. The van der Waals surface area contributed by atoms with Crippen molar-refractivity contribution in [3.63, 3.8) is 0 Å². The third kappa shape index (κ3) is 5.20. The van der Waals surface area contributed by atoms with E-state index in [2.05, 4.69) is 5.32 Å². The first-order chi connectivity index (χ1) is 9.97. The summed E-state index contributed by atoms with van der Waals surface area (Å²) in [4.78, 5) is 21.3. The Morgan fingerprint density at radius 2 is 2.29 bits per heavy atom. The van der Waals surface area contributed by atoms with E-state index in [0.29, 0.717) is 6.54 Å². The lowest BCUT2D eigenvalue weighted by molar-refractivity contribution is -0.385. The van der Waals surface area contributed by atoms with E-state index in [1.807, 2.05) is 6.92 Å². The number of hydrogen-bond acceptors (Lipinski definition) is 5. The maximum Gasteiger partial charge on any atom is 0.320 e. The third-order valence-electron chi connectivity index (χ3n) is 2.73. The van der Waals surface area contributed by atoms with Crippen LogP contribution in [0.25, 0.3) is 0 Å². The molecule has 2 N–H and O–H groups in total. The van der Waals surface area contributed by atoms with E-state index in [4.69, 9.17) is 21.4 Å². The van der Waals surface area contributed by atoms with Crippen LogP contribution in [0.5, 0.6) is 5.75 Å². The van der Waals surface area contributed by atoms with Gasteiger partial charge < -0.3 is 15.2 Å². The van der Waals surface area contributed by atoms with E-state index < -0.39 is 16.9 Å². The van der Waals surface area contributed by atoms with Crippen LogP contribution in [0.2, 0.25) is 5.02 Å². The van der Waals surface area contributed by atoms with Crippen LogP contribution in [-0.4, -0.2) is 35.2 Å². The molecule has 0 aliphatic carbocycles. The number of nitrogens with one attached hydrogen (secondary N) is 1. The number of benzene rings is 1. The summed E-state index contributed by atoms with van der Waals surface area (Å²) in [6, 6.07) is 3.46. The number of halogens is 1. The fourth-order valence-corrected chi connectivity index (χ4v) is 1.92. The number of carboxylic acid groups (broad SMARTS) is 1. The van der Waals surface area contributed by atoms with Crippen molar-refractivity contribution in [1.82, 2.24) is 5.32 Å². The summed E-state index contributed by atoms with van der Waals surface area (Å²) >= 11 is 5.87.